The molecule has 3 aromatic carbocycles. The molecule has 0 N–H and O–H groups in total. The standard InChI is InChI=1S/C21H17F3O/c1-2-3-4-14-5-11-19-16(13-14)8-12-18(20(19)22)15-6-9-17(10-7-15)25-21(23)24/h2,5-13,21H,1,3-4H2. The Labute approximate surface area is 144 Å². The van der Waals surface area contributed by atoms with E-state index in [1.165, 1.54) is 12.1 Å². The van der Waals surface area contributed by atoms with E-state index >= 15 is 0 Å². The molecule has 0 amide bonds. The second-order valence-corrected chi connectivity index (χ2v) is 5.71. The summed E-state index contributed by atoms with van der Waals surface area (Å²) in [6.07, 6.45) is 3.60. The Hall–Kier alpha value is -2.75. The van der Waals surface area contributed by atoms with Crippen LogP contribution in [0.25, 0.3) is 21.9 Å². The van der Waals surface area contributed by atoms with E-state index < -0.39 is 6.61 Å². The lowest BCUT2D eigenvalue weighted by Crippen LogP contribution is -2.01. The van der Waals surface area contributed by atoms with Crippen LogP contribution >= 0.6 is 0 Å². The third-order valence-electron chi connectivity index (χ3n) is 4.05. The van der Waals surface area contributed by atoms with Crippen LogP contribution in [0.15, 0.2) is 67.3 Å². The van der Waals surface area contributed by atoms with Gasteiger partial charge in [-0.15, -0.1) is 6.58 Å². The summed E-state index contributed by atoms with van der Waals surface area (Å²) in [6.45, 7) is 0.832. The molecule has 0 bridgehead atoms. The van der Waals surface area contributed by atoms with Gasteiger partial charge in [0.2, 0.25) is 0 Å². The summed E-state index contributed by atoms with van der Waals surface area (Å²) in [6, 6.07) is 15.2. The lowest BCUT2D eigenvalue weighted by atomic mass is 9.98. The number of aryl methyl sites for hydroxylation is 1. The molecule has 0 spiro atoms. The molecule has 0 heterocycles. The Balaban J connectivity index is 1.94. The van der Waals surface area contributed by atoms with Gasteiger partial charge in [-0.1, -0.05) is 48.5 Å². The van der Waals surface area contributed by atoms with Crippen LogP contribution in [0.5, 0.6) is 5.75 Å². The van der Waals surface area contributed by atoms with E-state index in [-0.39, 0.29) is 11.6 Å². The van der Waals surface area contributed by atoms with Crippen LogP contribution in [-0.4, -0.2) is 6.61 Å². The predicted octanol–water partition coefficient (Wildman–Crippen LogP) is 6.37. The van der Waals surface area contributed by atoms with E-state index in [0.717, 1.165) is 23.8 Å². The summed E-state index contributed by atoms with van der Waals surface area (Å²) >= 11 is 0. The maximum atomic E-state index is 14.9. The van der Waals surface area contributed by atoms with Crippen molar-refractivity contribution >= 4 is 10.8 Å². The molecule has 0 atom stereocenters. The van der Waals surface area contributed by atoms with Crippen LogP contribution in [0, 0.1) is 5.82 Å². The Bertz CT molecular complexity index is 886. The van der Waals surface area contributed by atoms with Crippen molar-refractivity contribution in [2.45, 2.75) is 19.5 Å². The summed E-state index contributed by atoms with van der Waals surface area (Å²) < 4.78 is 43.6. The lowest BCUT2D eigenvalue weighted by molar-refractivity contribution is -0.0498. The van der Waals surface area contributed by atoms with Crippen LogP contribution in [0.4, 0.5) is 13.2 Å². The second kappa shape index (κ2) is 7.43. The fourth-order valence-electron chi connectivity index (χ4n) is 2.80. The van der Waals surface area contributed by atoms with E-state index in [9.17, 15) is 13.2 Å². The molecule has 0 saturated heterocycles. The quantitative estimate of drug-likeness (QED) is 0.473. The molecule has 0 unspecified atom stereocenters. The first-order valence-electron chi connectivity index (χ1n) is 7.96. The Morgan fingerprint density at radius 1 is 1.00 bits per heavy atom. The maximum absolute atomic E-state index is 14.9. The van der Waals surface area contributed by atoms with Crippen LogP contribution in [0.1, 0.15) is 12.0 Å². The van der Waals surface area contributed by atoms with Crippen LogP contribution in [0.3, 0.4) is 0 Å². The highest BCUT2D eigenvalue weighted by molar-refractivity contribution is 5.88. The monoisotopic (exact) mass is 342 g/mol. The molecule has 3 aromatic rings. The molecular weight excluding hydrogens is 325 g/mol. The first-order valence-corrected chi connectivity index (χ1v) is 7.96. The normalized spacial score (nSPS) is 11.0. The van der Waals surface area contributed by atoms with Gasteiger partial charge in [0.15, 0.2) is 0 Å². The number of fused-ring (bicyclic) bond motifs is 1. The fraction of sp³-hybridized carbons (Fsp3) is 0.143. The molecule has 128 valence electrons. The van der Waals surface area contributed by atoms with Crippen molar-refractivity contribution in [2.75, 3.05) is 0 Å². The largest absolute Gasteiger partial charge is 0.435 e. The van der Waals surface area contributed by atoms with Gasteiger partial charge in [0.05, 0.1) is 0 Å². The molecule has 0 aliphatic heterocycles. The van der Waals surface area contributed by atoms with Crippen LogP contribution in [0.2, 0.25) is 0 Å². The number of alkyl halides is 2. The topological polar surface area (TPSA) is 9.23 Å². The third-order valence-corrected chi connectivity index (χ3v) is 4.05. The van der Waals surface area contributed by atoms with Crippen molar-refractivity contribution < 1.29 is 17.9 Å². The van der Waals surface area contributed by atoms with E-state index in [0.29, 0.717) is 16.5 Å². The zero-order chi connectivity index (χ0) is 17.8. The molecule has 1 nitrogen and oxygen atoms in total. The summed E-state index contributed by atoms with van der Waals surface area (Å²) in [4.78, 5) is 0. The van der Waals surface area contributed by atoms with Crippen molar-refractivity contribution in [1.29, 1.82) is 0 Å². The highest BCUT2D eigenvalue weighted by atomic mass is 19.3. The highest BCUT2D eigenvalue weighted by Gasteiger charge is 2.11. The maximum Gasteiger partial charge on any atom is 0.387 e. The highest BCUT2D eigenvalue weighted by Crippen LogP contribution is 2.31. The Morgan fingerprint density at radius 2 is 1.76 bits per heavy atom. The number of hydrogen-bond acceptors (Lipinski definition) is 1. The molecule has 0 aliphatic carbocycles. The third kappa shape index (κ3) is 3.85. The zero-order valence-corrected chi connectivity index (χ0v) is 13.5. The van der Waals surface area contributed by atoms with E-state index in [1.807, 2.05) is 24.3 Å². The Morgan fingerprint density at radius 3 is 2.44 bits per heavy atom. The van der Waals surface area contributed by atoms with E-state index in [4.69, 9.17) is 0 Å². The van der Waals surface area contributed by atoms with Crippen LogP contribution < -0.4 is 4.74 Å². The van der Waals surface area contributed by atoms with Gasteiger partial charge in [0.1, 0.15) is 11.6 Å². The summed E-state index contributed by atoms with van der Waals surface area (Å²) in [5, 5.41) is 1.37. The van der Waals surface area contributed by atoms with Gasteiger partial charge in [-0.05, 0) is 41.5 Å². The summed E-state index contributed by atoms with van der Waals surface area (Å²) in [5.41, 5.74) is 2.17. The van der Waals surface area contributed by atoms with Crippen molar-refractivity contribution in [3.8, 4) is 16.9 Å². The van der Waals surface area contributed by atoms with Gasteiger partial charge >= 0.3 is 6.61 Å². The van der Waals surface area contributed by atoms with Gasteiger partial charge in [0, 0.05) is 10.9 Å². The minimum absolute atomic E-state index is 0.0480. The number of hydrogen-bond donors (Lipinski definition) is 0. The number of ether oxygens (including phenoxy) is 1. The van der Waals surface area contributed by atoms with Gasteiger partial charge in [-0.3, -0.25) is 0 Å². The number of allylic oxidation sites excluding steroid dienone is 1. The molecule has 0 saturated carbocycles. The smallest absolute Gasteiger partial charge is 0.387 e. The minimum atomic E-state index is -2.88. The molecular formula is C21H17F3O. The first kappa shape index (κ1) is 17.1. The molecule has 0 fully saturated rings. The lowest BCUT2D eigenvalue weighted by Gasteiger charge is -2.10. The zero-order valence-electron chi connectivity index (χ0n) is 13.5. The van der Waals surface area contributed by atoms with Gasteiger partial charge in [0.25, 0.3) is 0 Å². The van der Waals surface area contributed by atoms with Crippen molar-refractivity contribution in [2.24, 2.45) is 0 Å². The SMILES string of the molecule is C=CCCc1ccc2c(F)c(-c3ccc(OC(F)F)cc3)ccc2c1. The van der Waals surface area contributed by atoms with Crippen molar-refractivity contribution in [1.82, 2.24) is 0 Å². The minimum Gasteiger partial charge on any atom is -0.435 e. The van der Waals surface area contributed by atoms with Crippen molar-refractivity contribution in [3.63, 3.8) is 0 Å². The summed E-state index contributed by atoms with van der Waals surface area (Å²) in [5.74, 6) is -0.276. The van der Waals surface area contributed by atoms with Gasteiger partial charge in [-0.2, -0.15) is 8.78 Å². The average Bonchev–Trinajstić information content (AvgIpc) is 2.60. The van der Waals surface area contributed by atoms with E-state index in [2.05, 4.69) is 11.3 Å². The second-order valence-electron chi connectivity index (χ2n) is 5.71. The van der Waals surface area contributed by atoms with Gasteiger partial charge < -0.3 is 4.74 Å². The molecule has 25 heavy (non-hydrogen) atoms. The Kier molecular flexibility index (Phi) is 5.08. The molecule has 3 rings (SSSR count). The van der Waals surface area contributed by atoms with E-state index in [1.54, 1.807) is 24.3 Å². The number of benzene rings is 3. The number of rotatable bonds is 6. The summed E-state index contributed by atoms with van der Waals surface area (Å²) in [7, 11) is 0. The molecule has 0 aliphatic rings. The molecule has 0 aromatic heterocycles. The molecule has 0 radical (unpaired) electrons. The molecule has 4 heteroatoms. The average molecular weight is 342 g/mol. The van der Waals surface area contributed by atoms with Gasteiger partial charge in [-0.25, -0.2) is 4.39 Å². The number of halogens is 3. The fourth-order valence-corrected chi connectivity index (χ4v) is 2.80. The van der Waals surface area contributed by atoms with Crippen LogP contribution in [-0.2, 0) is 6.42 Å². The first-order chi connectivity index (χ1) is 12.1. The van der Waals surface area contributed by atoms with Crippen molar-refractivity contribution in [3.05, 3.63) is 78.6 Å². The predicted molar refractivity (Wildman–Crippen MR) is 94.5 cm³/mol.